The average Bonchev–Trinajstić information content (AvgIpc) is 3.17. The van der Waals surface area contributed by atoms with Gasteiger partial charge in [-0.05, 0) is 53.8 Å². The van der Waals surface area contributed by atoms with E-state index >= 15 is 0 Å². The van der Waals surface area contributed by atoms with Crippen LogP contribution >= 0.6 is 0 Å². The fraction of sp³-hybridized carbons (Fsp3) is 0.138. The van der Waals surface area contributed by atoms with Crippen LogP contribution in [0.1, 0.15) is 28.4 Å². The van der Waals surface area contributed by atoms with E-state index in [1.807, 2.05) is 79.7 Å². The van der Waals surface area contributed by atoms with E-state index < -0.39 is 5.91 Å². The van der Waals surface area contributed by atoms with Crippen LogP contribution in [0.4, 0.5) is 5.69 Å². The molecule has 7 heteroatoms. The molecule has 4 aromatic rings. The second-order valence-corrected chi connectivity index (χ2v) is 8.28. The van der Waals surface area contributed by atoms with Gasteiger partial charge in [-0.25, -0.2) is 5.43 Å². The van der Waals surface area contributed by atoms with E-state index in [1.54, 1.807) is 12.1 Å². The van der Waals surface area contributed by atoms with Crippen molar-refractivity contribution in [3.05, 3.63) is 102 Å². The summed E-state index contributed by atoms with van der Waals surface area (Å²) >= 11 is 0. The first-order chi connectivity index (χ1) is 17.6. The maximum atomic E-state index is 12.9. The number of hydrazone groups is 1. The van der Waals surface area contributed by atoms with Gasteiger partial charge < -0.3 is 9.47 Å². The first-order valence-electron chi connectivity index (χ1n) is 11.7. The quantitative estimate of drug-likeness (QED) is 0.273. The predicted octanol–water partition coefficient (Wildman–Crippen LogP) is 4.93. The first-order valence-corrected chi connectivity index (χ1v) is 11.7. The molecule has 5 rings (SSSR count). The summed E-state index contributed by atoms with van der Waals surface area (Å²) in [5.74, 6) is 0.644. The molecule has 1 heterocycles. The SMILES string of the molecule is CCOc1cc(/C=N\NC(=O)CN2C(=O)c3cccc4cccc2c34)ccc1OCc1ccccc1. The number of hydrogen-bond donors (Lipinski definition) is 1. The third kappa shape index (κ3) is 4.77. The van der Waals surface area contributed by atoms with Gasteiger partial charge in [-0.1, -0.05) is 54.6 Å². The Bertz CT molecular complexity index is 1440. The molecule has 2 amide bonds. The van der Waals surface area contributed by atoms with Crippen molar-refractivity contribution in [3.8, 4) is 11.5 Å². The van der Waals surface area contributed by atoms with Crippen molar-refractivity contribution in [1.82, 2.24) is 5.43 Å². The maximum absolute atomic E-state index is 12.9. The number of rotatable bonds is 9. The summed E-state index contributed by atoms with van der Waals surface area (Å²) in [4.78, 5) is 26.9. The zero-order chi connectivity index (χ0) is 24.9. The van der Waals surface area contributed by atoms with Gasteiger partial charge in [0.2, 0.25) is 0 Å². The van der Waals surface area contributed by atoms with E-state index in [0.29, 0.717) is 30.3 Å². The summed E-state index contributed by atoms with van der Waals surface area (Å²) in [6.07, 6.45) is 1.53. The highest BCUT2D eigenvalue weighted by atomic mass is 16.5. The van der Waals surface area contributed by atoms with Gasteiger partial charge in [0.05, 0.1) is 18.5 Å². The Labute approximate surface area is 209 Å². The first kappa shape index (κ1) is 23.1. The smallest absolute Gasteiger partial charge is 0.260 e. The number of benzene rings is 4. The van der Waals surface area contributed by atoms with Crippen LogP contribution in [0.15, 0.2) is 90.0 Å². The molecule has 180 valence electrons. The molecule has 0 atom stereocenters. The molecule has 1 aliphatic rings. The zero-order valence-electron chi connectivity index (χ0n) is 19.8. The van der Waals surface area contributed by atoms with E-state index in [1.165, 1.54) is 11.1 Å². The minimum Gasteiger partial charge on any atom is -0.490 e. The molecule has 0 saturated heterocycles. The molecule has 4 aromatic carbocycles. The van der Waals surface area contributed by atoms with Crippen molar-refractivity contribution in [3.63, 3.8) is 0 Å². The lowest BCUT2D eigenvalue weighted by atomic mass is 10.1. The Morgan fingerprint density at radius 3 is 2.56 bits per heavy atom. The second kappa shape index (κ2) is 10.3. The van der Waals surface area contributed by atoms with Crippen LogP contribution in [0.25, 0.3) is 10.8 Å². The highest BCUT2D eigenvalue weighted by molar-refractivity contribution is 6.26. The van der Waals surface area contributed by atoms with E-state index in [0.717, 1.165) is 27.6 Å². The molecular formula is C29H25N3O4. The molecule has 0 spiro atoms. The highest BCUT2D eigenvalue weighted by Gasteiger charge is 2.30. The molecule has 0 unspecified atom stereocenters. The molecule has 0 aliphatic carbocycles. The predicted molar refractivity (Wildman–Crippen MR) is 140 cm³/mol. The minimum atomic E-state index is -0.391. The van der Waals surface area contributed by atoms with E-state index in [9.17, 15) is 9.59 Å². The topological polar surface area (TPSA) is 80.2 Å². The average molecular weight is 480 g/mol. The van der Waals surface area contributed by atoms with Gasteiger partial charge in [0.25, 0.3) is 11.8 Å². The Morgan fingerprint density at radius 2 is 1.75 bits per heavy atom. The molecule has 0 bridgehead atoms. The monoisotopic (exact) mass is 479 g/mol. The molecular weight excluding hydrogens is 454 g/mol. The Balaban J connectivity index is 1.23. The van der Waals surface area contributed by atoms with Gasteiger partial charge in [-0.2, -0.15) is 5.10 Å². The van der Waals surface area contributed by atoms with Crippen LogP contribution in [-0.2, 0) is 11.4 Å². The zero-order valence-corrected chi connectivity index (χ0v) is 19.8. The molecule has 7 nitrogen and oxygen atoms in total. The van der Waals surface area contributed by atoms with Crippen molar-refractivity contribution in [2.45, 2.75) is 13.5 Å². The van der Waals surface area contributed by atoms with Crippen molar-refractivity contribution < 1.29 is 19.1 Å². The van der Waals surface area contributed by atoms with Gasteiger partial charge in [-0.15, -0.1) is 0 Å². The fourth-order valence-electron chi connectivity index (χ4n) is 4.22. The van der Waals surface area contributed by atoms with Gasteiger partial charge in [0.15, 0.2) is 11.5 Å². The van der Waals surface area contributed by atoms with Gasteiger partial charge in [0, 0.05) is 10.9 Å². The summed E-state index contributed by atoms with van der Waals surface area (Å²) in [5, 5.41) is 5.92. The van der Waals surface area contributed by atoms with Crippen LogP contribution in [0, 0.1) is 0 Å². The van der Waals surface area contributed by atoms with Crippen LogP contribution < -0.4 is 19.8 Å². The van der Waals surface area contributed by atoms with Crippen LogP contribution in [0.2, 0.25) is 0 Å². The summed E-state index contributed by atoms with van der Waals surface area (Å²) < 4.78 is 11.7. The third-order valence-corrected chi connectivity index (χ3v) is 5.86. The lowest BCUT2D eigenvalue weighted by Crippen LogP contribution is -2.37. The van der Waals surface area contributed by atoms with Gasteiger partial charge in [-0.3, -0.25) is 14.5 Å². The number of nitrogens with one attached hydrogen (secondary N) is 1. The lowest BCUT2D eigenvalue weighted by molar-refractivity contribution is -0.119. The second-order valence-electron chi connectivity index (χ2n) is 8.28. The largest absolute Gasteiger partial charge is 0.490 e. The van der Waals surface area contributed by atoms with E-state index in [2.05, 4.69) is 10.5 Å². The van der Waals surface area contributed by atoms with Gasteiger partial charge >= 0.3 is 0 Å². The molecule has 0 aromatic heterocycles. The molecule has 1 aliphatic heterocycles. The molecule has 36 heavy (non-hydrogen) atoms. The Kier molecular flexibility index (Phi) is 6.62. The van der Waals surface area contributed by atoms with E-state index in [4.69, 9.17) is 9.47 Å². The summed E-state index contributed by atoms with van der Waals surface area (Å²) in [6.45, 7) is 2.69. The number of anilines is 1. The third-order valence-electron chi connectivity index (χ3n) is 5.86. The summed E-state index contributed by atoms with van der Waals surface area (Å²) in [6, 6.07) is 26.6. The number of ether oxygens (including phenoxy) is 2. The summed E-state index contributed by atoms with van der Waals surface area (Å²) in [5.41, 5.74) is 5.65. The van der Waals surface area contributed by atoms with Crippen molar-refractivity contribution in [1.29, 1.82) is 0 Å². The highest BCUT2D eigenvalue weighted by Crippen LogP contribution is 2.36. The van der Waals surface area contributed by atoms with Crippen LogP contribution in [0.5, 0.6) is 11.5 Å². The fourth-order valence-corrected chi connectivity index (χ4v) is 4.22. The number of amides is 2. The maximum Gasteiger partial charge on any atom is 0.260 e. The molecule has 1 N–H and O–H groups in total. The lowest BCUT2D eigenvalue weighted by Gasteiger charge is -2.16. The van der Waals surface area contributed by atoms with Crippen molar-refractivity contribution >= 4 is 34.5 Å². The van der Waals surface area contributed by atoms with Crippen molar-refractivity contribution in [2.75, 3.05) is 18.1 Å². The normalized spacial score (nSPS) is 12.4. The standard InChI is InChI=1S/C29H25N3O4/c1-2-35-26-16-21(14-15-25(26)36-19-20-8-4-3-5-9-20)17-30-31-27(33)18-32-24-13-7-11-22-10-6-12-23(28(22)24)29(32)34/h3-17H,2,18-19H2,1H3,(H,31,33)/b30-17-. The number of carbonyl (C=O) groups is 2. The van der Waals surface area contributed by atoms with E-state index in [-0.39, 0.29) is 12.5 Å². The number of hydrogen-bond acceptors (Lipinski definition) is 5. The van der Waals surface area contributed by atoms with Crippen LogP contribution in [-0.4, -0.2) is 31.2 Å². The molecule has 0 saturated carbocycles. The molecule has 0 fully saturated rings. The van der Waals surface area contributed by atoms with Crippen LogP contribution in [0.3, 0.4) is 0 Å². The van der Waals surface area contributed by atoms with Crippen molar-refractivity contribution in [2.24, 2.45) is 5.10 Å². The Morgan fingerprint density at radius 1 is 0.944 bits per heavy atom. The number of nitrogens with zero attached hydrogens (tertiary/aromatic N) is 2. The molecule has 0 radical (unpaired) electrons. The minimum absolute atomic E-state index is 0.125. The van der Waals surface area contributed by atoms with Gasteiger partial charge in [0.1, 0.15) is 13.2 Å². The number of carbonyl (C=O) groups excluding carboxylic acids is 2. The summed E-state index contributed by atoms with van der Waals surface area (Å²) in [7, 11) is 0. The Hall–Kier alpha value is -4.65.